The Morgan fingerprint density at radius 1 is 1.00 bits per heavy atom. The van der Waals surface area contributed by atoms with E-state index in [1.165, 1.54) is 30.0 Å². The summed E-state index contributed by atoms with van der Waals surface area (Å²) in [6.07, 6.45) is 1.82. The third kappa shape index (κ3) is 4.90. The molecule has 1 amide bonds. The number of thioether (sulfide) groups is 1. The van der Waals surface area contributed by atoms with Gasteiger partial charge in [-0.15, -0.1) is 11.8 Å². The molecule has 0 atom stereocenters. The highest BCUT2D eigenvalue weighted by Gasteiger charge is 2.19. The number of anilines is 2. The monoisotopic (exact) mass is 450 g/mol. The van der Waals surface area contributed by atoms with Gasteiger partial charge in [0.25, 0.3) is 15.9 Å². The van der Waals surface area contributed by atoms with Crippen molar-refractivity contribution in [1.82, 2.24) is 0 Å². The molecule has 0 fully saturated rings. The van der Waals surface area contributed by atoms with Crippen LogP contribution in [0.2, 0.25) is 5.02 Å². The second-order valence-corrected chi connectivity index (χ2v) is 8.82. The summed E-state index contributed by atoms with van der Waals surface area (Å²) in [5, 5.41) is 2.62. The lowest BCUT2D eigenvalue weighted by Gasteiger charge is -2.12. The van der Waals surface area contributed by atoms with Gasteiger partial charge in [0.1, 0.15) is 5.82 Å². The molecule has 2 N–H and O–H groups in total. The predicted molar refractivity (Wildman–Crippen MR) is 115 cm³/mol. The van der Waals surface area contributed by atoms with Crippen molar-refractivity contribution >= 4 is 50.7 Å². The minimum Gasteiger partial charge on any atom is -0.319 e. The SMILES string of the molecule is CSc1ccccc1NS(=O)(=O)c1ccc(NC(=O)c2ccccc2Cl)c(F)c1. The van der Waals surface area contributed by atoms with Crippen LogP contribution in [0.3, 0.4) is 0 Å². The molecule has 0 spiro atoms. The van der Waals surface area contributed by atoms with Gasteiger partial charge in [0, 0.05) is 4.90 Å². The van der Waals surface area contributed by atoms with Crippen LogP contribution in [0, 0.1) is 5.82 Å². The van der Waals surface area contributed by atoms with Crippen LogP contribution in [0.5, 0.6) is 0 Å². The van der Waals surface area contributed by atoms with Crippen molar-refractivity contribution in [2.45, 2.75) is 9.79 Å². The molecule has 3 aromatic carbocycles. The Bertz CT molecular complexity index is 1170. The Labute approximate surface area is 177 Å². The fraction of sp³-hybridized carbons (Fsp3) is 0.0500. The average molecular weight is 451 g/mol. The Kier molecular flexibility index (Phi) is 6.46. The summed E-state index contributed by atoms with van der Waals surface area (Å²) in [5.41, 5.74) is 0.426. The first-order chi connectivity index (χ1) is 13.8. The Morgan fingerprint density at radius 3 is 2.38 bits per heavy atom. The van der Waals surface area contributed by atoms with Crippen molar-refractivity contribution < 1.29 is 17.6 Å². The molecular weight excluding hydrogens is 435 g/mol. The first-order valence-corrected chi connectivity index (χ1v) is 11.4. The predicted octanol–water partition coefficient (Wildman–Crippen LogP) is 5.25. The van der Waals surface area contributed by atoms with Gasteiger partial charge in [0.05, 0.1) is 26.9 Å². The number of carbonyl (C=O) groups is 1. The average Bonchev–Trinajstić information content (AvgIpc) is 2.69. The molecule has 5 nitrogen and oxygen atoms in total. The second kappa shape index (κ2) is 8.86. The number of hydrogen-bond donors (Lipinski definition) is 2. The van der Waals surface area contributed by atoms with E-state index >= 15 is 0 Å². The van der Waals surface area contributed by atoms with Crippen molar-refractivity contribution in [1.29, 1.82) is 0 Å². The van der Waals surface area contributed by atoms with E-state index in [0.717, 1.165) is 11.0 Å². The van der Waals surface area contributed by atoms with Gasteiger partial charge in [-0.1, -0.05) is 35.9 Å². The summed E-state index contributed by atoms with van der Waals surface area (Å²) in [7, 11) is -4.01. The highest BCUT2D eigenvalue weighted by molar-refractivity contribution is 7.99. The molecule has 0 radical (unpaired) electrons. The topological polar surface area (TPSA) is 75.3 Å². The molecule has 0 saturated carbocycles. The van der Waals surface area contributed by atoms with Crippen LogP contribution in [0.15, 0.2) is 76.5 Å². The number of hydrogen-bond acceptors (Lipinski definition) is 4. The number of amides is 1. The molecule has 0 aliphatic carbocycles. The fourth-order valence-corrected chi connectivity index (χ4v) is 4.46. The maximum Gasteiger partial charge on any atom is 0.262 e. The number of para-hydroxylation sites is 1. The number of sulfonamides is 1. The first kappa shape index (κ1) is 21.2. The van der Waals surface area contributed by atoms with Crippen molar-refractivity contribution in [2.75, 3.05) is 16.3 Å². The van der Waals surface area contributed by atoms with Gasteiger partial charge in [-0.3, -0.25) is 9.52 Å². The number of nitrogens with one attached hydrogen (secondary N) is 2. The minimum absolute atomic E-state index is 0.154. The van der Waals surface area contributed by atoms with Crippen molar-refractivity contribution in [3.8, 4) is 0 Å². The van der Waals surface area contributed by atoms with Gasteiger partial charge in [-0.05, 0) is 48.7 Å². The molecular formula is C20H16ClFN2O3S2. The molecule has 0 aliphatic heterocycles. The largest absolute Gasteiger partial charge is 0.319 e. The van der Waals surface area contributed by atoms with E-state index in [2.05, 4.69) is 10.0 Å². The van der Waals surface area contributed by atoms with Gasteiger partial charge in [0.2, 0.25) is 0 Å². The van der Waals surface area contributed by atoms with Gasteiger partial charge in [0.15, 0.2) is 0 Å². The second-order valence-electron chi connectivity index (χ2n) is 5.88. The van der Waals surface area contributed by atoms with Crippen LogP contribution in [0.4, 0.5) is 15.8 Å². The van der Waals surface area contributed by atoms with E-state index in [4.69, 9.17) is 11.6 Å². The van der Waals surface area contributed by atoms with Crippen molar-refractivity contribution in [2.24, 2.45) is 0 Å². The van der Waals surface area contributed by atoms with Crippen molar-refractivity contribution in [3.05, 3.63) is 83.1 Å². The molecule has 3 aromatic rings. The van der Waals surface area contributed by atoms with Crippen LogP contribution in [0.25, 0.3) is 0 Å². The number of carbonyl (C=O) groups excluding carboxylic acids is 1. The van der Waals surface area contributed by atoms with E-state index in [0.29, 0.717) is 5.69 Å². The van der Waals surface area contributed by atoms with Gasteiger partial charge < -0.3 is 5.32 Å². The Balaban J connectivity index is 1.83. The Morgan fingerprint density at radius 2 is 1.69 bits per heavy atom. The molecule has 29 heavy (non-hydrogen) atoms. The highest BCUT2D eigenvalue weighted by Crippen LogP contribution is 2.28. The quantitative estimate of drug-likeness (QED) is 0.502. The van der Waals surface area contributed by atoms with Crippen LogP contribution < -0.4 is 10.0 Å². The van der Waals surface area contributed by atoms with E-state index in [-0.39, 0.29) is 21.2 Å². The third-order valence-electron chi connectivity index (χ3n) is 3.97. The zero-order valence-corrected chi connectivity index (χ0v) is 17.5. The Hall–Kier alpha value is -2.55. The molecule has 9 heteroatoms. The molecule has 150 valence electrons. The third-order valence-corrected chi connectivity index (χ3v) is 6.46. The van der Waals surface area contributed by atoms with Crippen LogP contribution in [-0.4, -0.2) is 20.6 Å². The molecule has 3 rings (SSSR count). The highest BCUT2D eigenvalue weighted by atomic mass is 35.5. The summed E-state index contributed by atoms with van der Waals surface area (Å²) >= 11 is 7.35. The molecule has 0 saturated heterocycles. The van der Waals surface area contributed by atoms with E-state index in [1.54, 1.807) is 42.5 Å². The van der Waals surface area contributed by atoms with Gasteiger partial charge in [-0.2, -0.15) is 0 Å². The normalized spacial score (nSPS) is 11.1. The molecule has 0 bridgehead atoms. The number of benzene rings is 3. The maximum atomic E-state index is 14.5. The lowest BCUT2D eigenvalue weighted by molar-refractivity contribution is 0.102. The summed E-state index contributed by atoms with van der Waals surface area (Å²) < 4.78 is 42.2. The summed E-state index contributed by atoms with van der Waals surface area (Å²) in [4.78, 5) is 12.8. The molecule has 0 unspecified atom stereocenters. The molecule has 0 aliphatic rings. The lowest BCUT2D eigenvalue weighted by atomic mass is 10.2. The summed E-state index contributed by atoms with van der Waals surface area (Å²) in [6.45, 7) is 0. The van der Waals surface area contributed by atoms with E-state index < -0.39 is 21.7 Å². The lowest BCUT2D eigenvalue weighted by Crippen LogP contribution is -2.16. The first-order valence-electron chi connectivity index (χ1n) is 8.33. The van der Waals surface area contributed by atoms with E-state index in [9.17, 15) is 17.6 Å². The molecule has 0 aromatic heterocycles. The summed E-state index contributed by atoms with van der Waals surface area (Å²) in [6, 6.07) is 16.5. The van der Waals surface area contributed by atoms with Crippen molar-refractivity contribution in [3.63, 3.8) is 0 Å². The zero-order valence-electron chi connectivity index (χ0n) is 15.1. The zero-order chi connectivity index (χ0) is 21.0. The number of rotatable bonds is 6. The maximum absolute atomic E-state index is 14.5. The van der Waals surface area contributed by atoms with Crippen LogP contribution in [0.1, 0.15) is 10.4 Å². The smallest absolute Gasteiger partial charge is 0.262 e. The molecule has 0 heterocycles. The fourth-order valence-electron chi connectivity index (χ4n) is 2.53. The standard InChI is InChI=1S/C20H16ClFN2O3S2/c1-28-19-9-5-4-8-18(19)24-29(26,27)13-10-11-17(16(22)12-13)23-20(25)14-6-2-3-7-15(14)21/h2-12,24H,1H3,(H,23,25). The van der Waals surface area contributed by atoms with Gasteiger partial charge >= 0.3 is 0 Å². The van der Waals surface area contributed by atoms with Crippen LogP contribution in [-0.2, 0) is 10.0 Å². The van der Waals surface area contributed by atoms with Gasteiger partial charge in [-0.25, -0.2) is 12.8 Å². The van der Waals surface area contributed by atoms with E-state index in [1.807, 2.05) is 6.26 Å². The summed E-state index contributed by atoms with van der Waals surface area (Å²) in [5.74, 6) is -1.48. The minimum atomic E-state index is -4.01. The van der Waals surface area contributed by atoms with Crippen LogP contribution >= 0.6 is 23.4 Å². The number of halogens is 2.